The van der Waals surface area contributed by atoms with Gasteiger partial charge in [0.2, 0.25) is 10.0 Å². The van der Waals surface area contributed by atoms with Gasteiger partial charge in [0.1, 0.15) is 5.00 Å². The number of hydrogen-bond acceptors (Lipinski definition) is 7. The average Bonchev–Trinajstić information content (AvgIpc) is 3.33. The minimum atomic E-state index is -3.75. The number of nitrogens with one attached hydrogen (secondary N) is 2. The van der Waals surface area contributed by atoms with Crippen LogP contribution in [0, 0.1) is 0 Å². The number of hydrogen-bond donors (Lipinski definition) is 2. The third kappa shape index (κ3) is 4.86. The van der Waals surface area contributed by atoms with Crippen LogP contribution in [0.15, 0.2) is 24.3 Å². The number of carbonyl (C=O) groups excluding carboxylic acids is 2. The summed E-state index contributed by atoms with van der Waals surface area (Å²) in [5.74, 6) is -0.730. The van der Waals surface area contributed by atoms with Crippen molar-refractivity contribution in [3.05, 3.63) is 29.8 Å². The van der Waals surface area contributed by atoms with Crippen LogP contribution in [0.2, 0.25) is 0 Å². The molecular formula is C20H26N4O6S3. The highest BCUT2D eigenvalue weighted by molar-refractivity contribution is 7.95. The molecule has 2 aliphatic heterocycles. The van der Waals surface area contributed by atoms with Gasteiger partial charge < -0.3 is 10.2 Å². The first-order chi connectivity index (χ1) is 15.6. The van der Waals surface area contributed by atoms with Crippen LogP contribution >= 0.6 is 11.3 Å². The van der Waals surface area contributed by atoms with E-state index < -0.39 is 31.1 Å². The molecule has 10 nitrogen and oxygen atoms in total. The quantitative estimate of drug-likeness (QED) is 0.618. The molecule has 2 aromatic rings. The lowest BCUT2D eigenvalue weighted by Crippen LogP contribution is -2.52. The second kappa shape index (κ2) is 9.20. The molecule has 1 aromatic carbocycles. The fourth-order valence-corrected chi connectivity index (χ4v) is 9.77. The number of anilines is 1. The number of rotatable bonds is 5. The van der Waals surface area contributed by atoms with E-state index in [2.05, 4.69) is 10.6 Å². The fraction of sp³-hybridized carbons (Fsp3) is 0.500. The molecule has 0 saturated carbocycles. The molecule has 0 aliphatic carbocycles. The third-order valence-electron chi connectivity index (χ3n) is 5.87. The van der Waals surface area contributed by atoms with Crippen molar-refractivity contribution < 1.29 is 26.4 Å². The summed E-state index contributed by atoms with van der Waals surface area (Å²) in [5.41, 5.74) is 0.389. The van der Waals surface area contributed by atoms with Crippen LogP contribution in [0.4, 0.5) is 9.80 Å². The Hall–Kier alpha value is -2.22. The van der Waals surface area contributed by atoms with Crippen molar-refractivity contribution in [1.29, 1.82) is 0 Å². The second-order valence-corrected chi connectivity index (χ2v) is 13.5. The van der Waals surface area contributed by atoms with Crippen molar-refractivity contribution in [2.75, 3.05) is 49.5 Å². The summed E-state index contributed by atoms with van der Waals surface area (Å²) in [7, 11) is -7.07. The van der Waals surface area contributed by atoms with Crippen LogP contribution in [0.3, 0.4) is 0 Å². The van der Waals surface area contributed by atoms with Crippen molar-refractivity contribution >= 4 is 58.2 Å². The van der Waals surface area contributed by atoms with E-state index in [1.54, 1.807) is 11.8 Å². The molecule has 0 bridgehead atoms. The van der Waals surface area contributed by atoms with Gasteiger partial charge in [0.05, 0.1) is 22.3 Å². The molecule has 3 amide bonds. The molecule has 1 aromatic heterocycles. The molecular weight excluding hydrogens is 488 g/mol. The van der Waals surface area contributed by atoms with E-state index in [9.17, 15) is 26.4 Å². The second-order valence-electron chi connectivity index (χ2n) is 8.05. The number of sulfonamides is 1. The molecule has 33 heavy (non-hydrogen) atoms. The summed E-state index contributed by atoms with van der Waals surface area (Å²) in [5, 5.41) is 5.66. The number of sulfone groups is 1. The topological polar surface area (TPSA) is 133 Å². The summed E-state index contributed by atoms with van der Waals surface area (Å²) in [6.45, 7) is 2.81. The Labute approximate surface area is 196 Å². The fourth-order valence-electron chi connectivity index (χ4n) is 4.16. The van der Waals surface area contributed by atoms with Gasteiger partial charge in [-0.15, -0.1) is 11.3 Å². The minimum Gasteiger partial charge on any atom is -0.338 e. The van der Waals surface area contributed by atoms with E-state index in [0.29, 0.717) is 17.1 Å². The first-order valence-corrected chi connectivity index (χ1v) is 14.8. The molecule has 1 unspecified atom stereocenters. The van der Waals surface area contributed by atoms with Gasteiger partial charge in [0.15, 0.2) is 9.84 Å². The summed E-state index contributed by atoms with van der Waals surface area (Å²) in [6, 6.07) is 6.97. The van der Waals surface area contributed by atoms with E-state index in [1.807, 2.05) is 24.3 Å². The van der Waals surface area contributed by atoms with Crippen LogP contribution in [0.25, 0.3) is 10.1 Å². The van der Waals surface area contributed by atoms with Crippen molar-refractivity contribution in [2.24, 2.45) is 0 Å². The standard InChI is InChI=1S/C20H26N4O6S3/c1-2-21-20(26)22-18-17(15-5-3-4-6-16(15)31-18)19(25)23-8-10-24(11-9-23)33(29,30)14-7-12-32(27,28)13-14/h3-6,14H,2,7-13H2,1H3,(H2,21,22,26). The van der Waals surface area contributed by atoms with E-state index in [-0.39, 0.29) is 50.0 Å². The number of amides is 3. The Balaban J connectivity index is 1.51. The average molecular weight is 515 g/mol. The highest BCUT2D eigenvalue weighted by atomic mass is 32.2. The zero-order valence-electron chi connectivity index (χ0n) is 18.1. The molecule has 3 heterocycles. The molecule has 180 valence electrons. The number of fused-ring (bicyclic) bond motifs is 1. The van der Waals surface area contributed by atoms with Crippen molar-refractivity contribution in [1.82, 2.24) is 14.5 Å². The van der Waals surface area contributed by atoms with Gasteiger partial charge in [0, 0.05) is 42.8 Å². The highest BCUT2D eigenvalue weighted by Gasteiger charge is 2.41. The Bertz CT molecular complexity index is 1280. The molecule has 1 atom stereocenters. The van der Waals surface area contributed by atoms with Gasteiger partial charge >= 0.3 is 6.03 Å². The summed E-state index contributed by atoms with van der Waals surface area (Å²) < 4.78 is 51.4. The Morgan fingerprint density at radius 2 is 1.85 bits per heavy atom. The van der Waals surface area contributed by atoms with Crippen LogP contribution < -0.4 is 10.6 Å². The monoisotopic (exact) mass is 514 g/mol. The number of urea groups is 1. The van der Waals surface area contributed by atoms with Gasteiger partial charge in [-0.25, -0.2) is 21.6 Å². The normalized spacial score (nSPS) is 21.2. The predicted octanol–water partition coefficient (Wildman–Crippen LogP) is 1.32. The van der Waals surface area contributed by atoms with Gasteiger partial charge in [-0.3, -0.25) is 10.1 Å². The van der Waals surface area contributed by atoms with Gasteiger partial charge in [-0.05, 0) is 19.4 Å². The van der Waals surface area contributed by atoms with E-state index in [0.717, 1.165) is 10.1 Å². The lowest BCUT2D eigenvalue weighted by molar-refractivity contribution is 0.0701. The molecule has 2 fully saturated rings. The molecule has 13 heteroatoms. The Morgan fingerprint density at radius 3 is 2.48 bits per heavy atom. The Morgan fingerprint density at radius 1 is 1.15 bits per heavy atom. The zero-order valence-corrected chi connectivity index (χ0v) is 20.6. The van der Waals surface area contributed by atoms with Crippen molar-refractivity contribution in [3.63, 3.8) is 0 Å². The number of benzene rings is 1. The van der Waals surface area contributed by atoms with Crippen molar-refractivity contribution in [3.8, 4) is 0 Å². The van der Waals surface area contributed by atoms with Crippen molar-refractivity contribution in [2.45, 2.75) is 18.6 Å². The minimum absolute atomic E-state index is 0.103. The lowest BCUT2D eigenvalue weighted by atomic mass is 10.1. The van der Waals surface area contributed by atoms with Crippen LogP contribution in [-0.2, 0) is 19.9 Å². The maximum Gasteiger partial charge on any atom is 0.319 e. The third-order valence-corrected chi connectivity index (χ3v) is 11.3. The lowest BCUT2D eigenvalue weighted by Gasteiger charge is -2.35. The number of piperazine rings is 1. The molecule has 2 N–H and O–H groups in total. The SMILES string of the molecule is CCNC(=O)Nc1sc2ccccc2c1C(=O)N1CCN(S(=O)(=O)C2CCS(=O)(=O)C2)CC1. The van der Waals surface area contributed by atoms with Crippen LogP contribution in [0.5, 0.6) is 0 Å². The molecule has 2 aliphatic rings. The largest absolute Gasteiger partial charge is 0.338 e. The summed E-state index contributed by atoms with van der Waals surface area (Å²) >= 11 is 1.31. The molecule has 0 radical (unpaired) electrons. The molecule has 0 spiro atoms. The maximum absolute atomic E-state index is 13.4. The Kier molecular flexibility index (Phi) is 6.67. The first kappa shape index (κ1) is 23.9. The smallest absolute Gasteiger partial charge is 0.319 e. The summed E-state index contributed by atoms with van der Waals surface area (Å²) in [4.78, 5) is 27.1. The number of nitrogens with zero attached hydrogens (tertiary/aromatic N) is 2. The summed E-state index contributed by atoms with van der Waals surface area (Å²) in [6.07, 6.45) is 0.111. The van der Waals surface area contributed by atoms with E-state index in [1.165, 1.54) is 15.6 Å². The van der Waals surface area contributed by atoms with Crippen LogP contribution in [-0.4, -0.2) is 87.5 Å². The number of carbonyl (C=O) groups is 2. The molecule has 2 saturated heterocycles. The first-order valence-electron chi connectivity index (χ1n) is 10.7. The predicted molar refractivity (Wildman–Crippen MR) is 128 cm³/mol. The van der Waals surface area contributed by atoms with Crippen LogP contribution in [0.1, 0.15) is 23.7 Å². The maximum atomic E-state index is 13.4. The van der Waals surface area contributed by atoms with Gasteiger partial charge in [-0.2, -0.15) is 4.31 Å². The van der Waals surface area contributed by atoms with Gasteiger partial charge in [-0.1, -0.05) is 18.2 Å². The van der Waals surface area contributed by atoms with E-state index >= 15 is 0 Å². The number of thiophene rings is 1. The molecule has 4 rings (SSSR count). The highest BCUT2D eigenvalue weighted by Crippen LogP contribution is 2.36. The zero-order chi connectivity index (χ0) is 23.8. The van der Waals surface area contributed by atoms with Gasteiger partial charge in [0.25, 0.3) is 5.91 Å². The van der Waals surface area contributed by atoms with E-state index in [4.69, 9.17) is 0 Å².